The molecule has 0 aliphatic heterocycles. The van der Waals surface area contributed by atoms with E-state index in [-0.39, 0.29) is 5.91 Å². The monoisotopic (exact) mass is 324 g/mol. The molecule has 4 nitrogen and oxygen atoms in total. The van der Waals surface area contributed by atoms with Gasteiger partial charge in [-0.15, -0.1) is 0 Å². The van der Waals surface area contributed by atoms with E-state index < -0.39 is 0 Å². The van der Waals surface area contributed by atoms with Gasteiger partial charge in [0, 0.05) is 22.2 Å². The molecule has 0 spiro atoms. The smallest absolute Gasteiger partial charge is 0.251 e. The SMILES string of the molecule is COc1cc(C(=O)NCc2cc(Cl)cc(Cl)c2)ccc1N. The average Bonchev–Trinajstić information content (AvgIpc) is 2.44. The summed E-state index contributed by atoms with van der Waals surface area (Å²) >= 11 is 11.8. The Labute approximate surface area is 132 Å². The lowest BCUT2D eigenvalue weighted by molar-refractivity contribution is 0.0950. The van der Waals surface area contributed by atoms with E-state index in [4.69, 9.17) is 33.7 Å². The minimum atomic E-state index is -0.232. The summed E-state index contributed by atoms with van der Waals surface area (Å²) in [5.74, 6) is 0.234. The van der Waals surface area contributed by atoms with Crippen molar-refractivity contribution >= 4 is 34.8 Å². The summed E-state index contributed by atoms with van der Waals surface area (Å²) in [4.78, 5) is 12.1. The van der Waals surface area contributed by atoms with Gasteiger partial charge < -0.3 is 15.8 Å². The fraction of sp³-hybridized carbons (Fsp3) is 0.133. The van der Waals surface area contributed by atoms with Crippen LogP contribution in [0, 0.1) is 0 Å². The topological polar surface area (TPSA) is 64.3 Å². The first-order valence-corrected chi connectivity index (χ1v) is 6.92. The average molecular weight is 325 g/mol. The summed E-state index contributed by atoms with van der Waals surface area (Å²) < 4.78 is 5.09. The Bertz CT molecular complexity index is 654. The maximum atomic E-state index is 12.1. The quantitative estimate of drug-likeness (QED) is 0.846. The molecule has 0 saturated carbocycles. The van der Waals surface area contributed by atoms with E-state index in [1.807, 2.05) is 0 Å². The molecule has 0 aliphatic carbocycles. The number of hydrogen-bond acceptors (Lipinski definition) is 3. The molecule has 0 aliphatic rings. The van der Waals surface area contributed by atoms with Crippen molar-refractivity contribution in [1.29, 1.82) is 0 Å². The summed E-state index contributed by atoms with van der Waals surface area (Å²) in [6.45, 7) is 0.325. The number of anilines is 1. The van der Waals surface area contributed by atoms with Gasteiger partial charge in [0.05, 0.1) is 12.8 Å². The van der Waals surface area contributed by atoms with E-state index in [0.29, 0.717) is 33.6 Å². The van der Waals surface area contributed by atoms with Crippen LogP contribution in [0.5, 0.6) is 5.75 Å². The van der Waals surface area contributed by atoms with Crippen molar-refractivity contribution in [2.24, 2.45) is 0 Å². The van der Waals surface area contributed by atoms with Crippen molar-refractivity contribution in [1.82, 2.24) is 5.32 Å². The standard InChI is InChI=1S/C15H14Cl2N2O2/c1-21-14-6-10(2-3-13(14)18)15(20)19-8-9-4-11(16)7-12(17)5-9/h2-7H,8,18H2,1H3,(H,19,20). The van der Waals surface area contributed by atoms with Crippen LogP contribution in [-0.4, -0.2) is 13.0 Å². The van der Waals surface area contributed by atoms with Crippen molar-refractivity contribution in [3.63, 3.8) is 0 Å². The zero-order valence-electron chi connectivity index (χ0n) is 11.3. The Balaban J connectivity index is 2.08. The van der Waals surface area contributed by atoms with Crippen molar-refractivity contribution in [3.8, 4) is 5.75 Å². The van der Waals surface area contributed by atoms with Crippen molar-refractivity contribution in [2.45, 2.75) is 6.54 Å². The summed E-state index contributed by atoms with van der Waals surface area (Å²) in [6.07, 6.45) is 0. The van der Waals surface area contributed by atoms with E-state index in [9.17, 15) is 4.79 Å². The number of benzene rings is 2. The lowest BCUT2D eigenvalue weighted by Gasteiger charge is -2.09. The molecule has 6 heteroatoms. The second-order valence-corrected chi connectivity index (χ2v) is 5.29. The number of halogens is 2. The Kier molecular flexibility index (Phi) is 4.94. The summed E-state index contributed by atoms with van der Waals surface area (Å²) in [7, 11) is 1.50. The molecule has 1 amide bonds. The number of carbonyl (C=O) groups is 1. The zero-order chi connectivity index (χ0) is 15.4. The van der Waals surface area contributed by atoms with Gasteiger partial charge in [-0.05, 0) is 42.0 Å². The second-order valence-electron chi connectivity index (χ2n) is 4.42. The normalized spacial score (nSPS) is 10.2. The predicted octanol–water partition coefficient (Wildman–Crippen LogP) is 3.51. The van der Waals surface area contributed by atoms with E-state index >= 15 is 0 Å². The Morgan fingerprint density at radius 3 is 2.48 bits per heavy atom. The van der Waals surface area contributed by atoms with Gasteiger partial charge in [0.25, 0.3) is 5.91 Å². The van der Waals surface area contributed by atoms with E-state index in [0.717, 1.165) is 5.56 Å². The molecule has 0 heterocycles. The van der Waals surface area contributed by atoms with Crippen LogP contribution in [0.25, 0.3) is 0 Å². The largest absolute Gasteiger partial charge is 0.495 e. The molecule has 0 atom stereocenters. The Morgan fingerprint density at radius 2 is 1.86 bits per heavy atom. The first-order chi connectivity index (χ1) is 9.99. The highest BCUT2D eigenvalue weighted by Gasteiger charge is 2.09. The van der Waals surface area contributed by atoms with E-state index in [2.05, 4.69) is 5.32 Å². The lowest BCUT2D eigenvalue weighted by Crippen LogP contribution is -2.22. The van der Waals surface area contributed by atoms with Crippen LogP contribution >= 0.6 is 23.2 Å². The van der Waals surface area contributed by atoms with Crippen LogP contribution in [0.3, 0.4) is 0 Å². The number of nitrogens with one attached hydrogen (secondary N) is 1. The van der Waals surface area contributed by atoms with Gasteiger partial charge >= 0.3 is 0 Å². The van der Waals surface area contributed by atoms with Gasteiger partial charge in [-0.3, -0.25) is 4.79 Å². The Hall–Kier alpha value is -1.91. The first kappa shape index (κ1) is 15.5. The number of carbonyl (C=O) groups excluding carboxylic acids is 1. The van der Waals surface area contributed by atoms with Crippen LogP contribution in [0.4, 0.5) is 5.69 Å². The van der Waals surface area contributed by atoms with Crippen molar-refractivity contribution in [2.75, 3.05) is 12.8 Å². The van der Waals surface area contributed by atoms with Gasteiger partial charge in [-0.25, -0.2) is 0 Å². The molecule has 3 N–H and O–H groups in total. The van der Waals surface area contributed by atoms with Gasteiger partial charge in [-0.2, -0.15) is 0 Å². The highest BCUT2D eigenvalue weighted by Crippen LogP contribution is 2.22. The van der Waals surface area contributed by atoms with Gasteiger partial charge in [0.15, 0.2) is 0 Å². The molecule has 0 radical (unpaired) electrons. The van der Waals surface area contributed by atoms with Crippen molar-refractivity contribution in [3.05, 3.63) is 57.6 Å². The molecule has 2 aromatic carbocycles. The highest BCUT2D eigenvalue weighted by molar-refractivity contribution is 6.34. The molecule has 2 aromatic rings. The number of amides is 1. The maximum Gasteiger partial charge on any atom is 0.251 e. The molecule has 0 aromatic heterocycles. The maximum absolute atomic E-state index is 12.1. The van der Waals surface area contributed by atoms with Crippen LogP contribution < -0.4 is 15.8 Å². The molecule has 110 valence electrons. The molecular formula is C15H14Cl2N2O2. The van der Waals surface area contributed by atoms with Gasteiger partial charge in [0.2, 0.25) is 0 Å². The number of methoxy groups -OCH3 is 1. The zero-order valence-corrected chi connectivity index (χ0v) is 12.8. The fourth-order valence-electron chi connectivity index (χ4n) is 1.85. The lowest BCUT2D eigenvalue weighted by atomic mass is 10.1. The molecule has 0 bridgehead atoms. The summed E-state index contributed by atoms with van der Waals surface area (Å²) in [5.41, 5.74) is 7.48. The van der Waals surface area contributed by atoms with Crippen molar-refractivity contribution < 1.29 is 9.53 Å². The molecule has 2 rings (SSSR count). The number of rotatable bonds is 4. The highest BCUT2D eigenvalue weighted by atomic mass is 35.5. The third-order valence-corrected chi connectivity index (χ3v) is 3.31. The van der Waals surface area contributed by atoms with Crippen LogP contribution in [0.1, 0.15) is 15.9 Å². The number of nitrogen functional groups attached to an aromatic ring is 1. The Morgan fingerprint density at radius 1 is 1.19 bits per heavy atom. The third-order valence-electron chi connectivity index (χ3n) is 2.87. The molecule has 0 unspecified atom stereocenters. The van der Waals surface area contributed by atoms with Gasteiger partial charge in [-0.1, -0.05) is 23.2 Å². The van der Waals surface area contributed by atoms with Crippen LogP contribution in [0.2, 0.25) is 10.0 Å². The minimum Gasteiger partial charge on any atom is -0.495 e. The van der Waals surface area contributed by atoms with Crippen LogP contribution in [-0.2, 0) is 6.54 Å². The molecular weight excluding hydrogens is 311 g/mol. The van der Waals surface area contributed by atoms with E-state index in [1.54, 1.807) is 36.4 Å². The third kappa shape index (κ3) is 4.03. The molecule has 21 heavy (non-hydrogen) atoms. The first-order valence-electron chi connectivity index (χ1n) is 6.16. The molecule has 0 fully saturated rings. The molecule has 0 saturated heterocycles. The summed E-state index contributed by atoms with van der Waals surface area (Å²) in [5, 5.41) is 3.85. The number of ether oxygens (including phenoxy) is 1. The van der Waals surface area contributed by atoms with E-state index in [1.165, 1.54) is 7.11 Å². The predicted molar refractivity (Wildman–Crippen MR) is 85.0 cm³/mol. The number of hydrogen-bond donors (Lipinski definition) is 2. The van der Waals surface area contributed by atoms with Gasteiger partial charge in [0.1, 0.15) is 5.75 Å². The summed E-state index contributed by atoms with van der Waals surface area (Å²) in [6, 6.07) is 9.99. The fourth-order valence-corrected chi connectivity index (χ4v) is 2.42. The second kappa shape index (κ2) is 6.70. The van der Waals surface area contributed by atoms with Crippen LogP contribution in [0.15, 0.2) is 36.4 Å². The minimum absolute atomic E-state index is 0.232. The number of nitrogens with two attached hydrogens (primary N) is 1.